The topological polar surface area (TPSA) is 56.1 Å². The number of rotatable bonds is 7. The summed E-state index contributed by atoms with van der Waals surface area (Å²) >= 11 is 0. The molecule has 1 N–H and O–H groups in total. The van der Waals surface area contributed by atoms with E-state index in [4.69, 9.17) is 4.74 Å². The number of amides is 1. The third-order valence-corrected chi connectivity index (χ3v) is 4.86. The third-order valence-electron chi connectivity index (χ3n) is 4.86. The predicted octanol–water partition coefficient (Wildman–Crippen LogP) is 3.13. The molecule has 1 fully saturated rings. The molecule has 0 bridgehead atoms. The maximum Gasteiger partial charge on any atom is 0.224 e. The van der Waals surface area contributed by atoms with Crippen molar-refractivity contribution in [2.24, 2.45) is 5.92 Å². The molecule has 0 saturated heterocycles. The number of ether oxygens (including phenoxy) is 1. The predicted molar refractivity (Wildman–Crippen MR) is 97.6 cm³/mol. The van der Waals surface area contributed by atoms with E-state index in [-0.39, 0.29) is 5.91 Å². The Morgan fingerprint density at radius 3 is 2.80 bits per heavy atom. The molecular formula is C20H27N3O2. The van der Waals surface area contributed by atoms with E-state index in [0.29, 0.717) is 31.6 Å². The van der Waals surface area contributed by atoms with Crippen molar-refractivity contribution in [3.05, 3.63) is 48.3 Å². The summed E-state index contributed by atoms with van der Waals surface area (Å²) in [6.07, 6.45) is 9.38. The van der Waals surface area contributed by atoms with Crippen LogP contribution in [0.4, 0.5) is 0 Å². The van der Waals surface area contributed by atoms with Crippen LogP contribution in [0.3, 0.4) is 0 Å². The summed E-state index contributed by atoms with van der Waals surface area (Å²) in [7, 11) is 0. The van der Waals surface area contributed by atoms with Gasteiger partial charge in [0.2, 0.25) is 5.91 Å². The molecule has 1 saturated carbocycles. The average Bonchev–Trinajstić information content (AvgIpc) is 3.15. The van der Waals surface area contributed by atoms with E-state index in [9.17, 15) is 4.79 Å². The van der Waals surface area contributed by atoms with Gasteiger partial charge in [0.05, 0.1) is 24.8 Å². The zero-order valence-corrected chi connectivity index (χ0v) is 14.9. The summed E-state index contributed by atoms with van der Waals surface area (Å²) in [6.45, 7) is 3.43. The fourth-order valence-corrected chi connectivity index (χ4v) is 3.37. The molecule has 5 nitrogen and oxygen atoms in total. The molecule has 1 amide bonds. The molecule has 5 heteroatoms. The Morgan fingerprint density at radius 2 is 2.08 bits per heavy atom. The quantitative estimate of drug-likeness (QED) is 0.787. The SMILES string of the molecule is C[C@@H]1CCCC[C@@H]1OCCNC(=O)Cc1ccc(-n2cccn2)cc1. The smallest absolute Gasteiger partial charge is 0.224 e. The Morgan fingerprint density at radius 1 is 1.28 bits per heavy atom. The van der Waals surface area contributed by atoms with Crippen LogP contribution in [0.2, 0.25) is 0 Å². The van der Waals surface area contributed by atoms with Crippen molar-refractivity contribution in [3.8, 4) is 5.69 Å². The van der Waals surface area contributed by atoms with Gasteiger partial charge in [0.25, 0.3) is 0 Å². The van der Waals surface area contributed by atoms with Gasteiger partial charge in [0.15, 0.2) is 0 Å². The minimum Gasteiger partial charge on any atom is -0.376 e. The van der Waals surface area contributed by atoms with Gasteiger partial charge in [-0.25, -0.2) is 4.68 Å². The van der Waals surface area contributed by atoms with E-state index in [1.54, 1.807) is 10.9 Å². The number of nitrogens with zero attached hydrogens (tertiary/aromatic N) is 2. The van der Waals surface area contributed by atoms with Crippen molar-refractivity contribution in [2.75, 3.05) is 13.2 Å². The third kappa shape index (κ3) is 5.16. The van der Waals surface area contributed by atoms with E-state index < -0.39 is 0 Å². The summed E-state index contributed by atoms with van der Waals surface area (Å²) in [5, 5.41) is 7.14. The van der Waals surface area contributed by atoms with Gasteiger partial charge in [-0.2, -0.15) is 5.10 Å². The van der Waals surface area contributed by atoms with Crippen molar-refractivity contribution in [1.29, 1.82) is 0 Å². The fraction of sp³-hybridized carbons (Fsp3) is 0.500. The van der Waals surface area contributed by atoms with Crippen LogP contribution in [0.25, 0.3) is 5.69 Å². The van der Waals surface area contributed by atoms with Gasteiger partial charge in [-0.1, -0.05) is 31.9 Å². The molecule has 0 aliphatic heterocycles. The van der Waals surface area contributed by atoms with Gasteiger partial charge in [0.1, 0.15) is 0 Å². The highest BCUT2D eigenvalue weighted by Crippen LogP contribution is 2.25. The van der Waals surface area contributed by atoms with Gasteiger partial charge in [0, 0.05) is 18.9 Å². The molecule has 3 rings (SSSR count). The van der Waals surface area contributed by atoms with Crippen molar-refractivity contribution in [2.45, 2.75) is 45.1 Å². The molecule has 1 heterocycles. The first-order valence-corrected chi connectivity index (χ1v) is 9.19. The van der Waals surface area contributed by atoms with Crippen molar-refractivity contribution >= 4 is 5.91 Å². The highest BCUT2D eigenvalue weighted by molar-refractivity contribution is 5.78. The van der Waals surface area contributed by atoms with Crippen LogP contribution in [-0.4, -0.2) is 34.9 Å². The van der Waals surface area contributed by atoms with Gasteiger partial charge in [-0.15, -0.1) is 0 Å². The number of hydrogen-bond donors (Lipinski definition) is 1. The summed E-state index contributed by atoms with van der Waals surface area (Å²) in [6, 6.07) is 9.78. The molecule has 0 radical (unpaired) electrons. The lowest BCUT2D eigenvalue weighted by atomic mass is 9.88. The van der Waals surface area contributed by atoms with Gasteiger partial charge in [-0.3, -0.25) is 4.79 Å². The lowest BCUT2D eigenvalue weighted by molar-refractivity contribution is -0.120. The first kappa shape index (κ1) is 17.7. The Balaban J connectivity index is 1.37. The number of carbonyl (C=O) groups excluding carboxylic acids is 1. The fourth-order valence-electron chi connectivity index (χ4n) is 3.37. The molecule has 25 heavy (non-hydrogen) atoms. The lowest BCUT2D eigenvalue weighted by Crippen LogP contribution is -2.32. The van der Waals surface area contributed by atoms with E-state index in [0.717, 1.165) is 17.7 Å². The molecule has 1 aromatic carbocycles. The maximum atomic E-state index is 12.1. The van der Waals surface area contributed by atoms with E-state index in [1.165, 1.54) is 19.3 Å². The summed E-state index contributed by atoms with van der Waals surface area (Å²) in [5.74, 6) is 0.671. The molecule has 2 atom stereocenters. The number of aromatic nitrogens is 2. The minimum atomic E-state index is 0.0344. The van der Waals surface area contributed by atoms with Crippen LogP contribution >= 0.6 is 0 Å². The highest BCUT2D eigenvalue weighted by atomic mass is 16.5. The summed E-state index contributed by atoms with van der Waals surface area (Å²) < 4.78 is 7.73. The van der Waals surface area contributed by atoms with Crippen LogP contribution < -0.4 is 5.32 Å². The number of benzene rings is 1. The van der Waals surface area contributed by atoms with E-state index >= 15 is 0 Å². The molecule has 0 unspecified atom stereocenters. The highest BCUT2D eigenvalue weighted by Gasteiger charge is 2.21. The number of hydrogen-bond acceptors (Lipinski definition) is 3. The molecular weight excluding hydrogens is 314 g/mol. The minimum absolute atomic E-state index is 0.0344. The Bertz CT molecular complexity index is 652. The first-order valence-electron chi connectivity index (χ1n) is 9.19. The van der Waals surface area contributed by atoms with E-state index in [1.807, 2.05) is 36.5 Å². The molecule has 1 aromatic heterocycles. The van der Waals surface area contributed by atoms with Crippen LogP contribution in [0.1, 0.15) is 38.2 Å². The normalized spacial score (nSPS) is 20.4. The monoisotopic (exact) mass is 341 g/mol. The van der Waals surface area contributed by atoms with Crippen LogP contribution in [0.15, 0.2) is 42.7 Å². The second-order valence-corrected chi connectivity index (χ2v) is 6.81. The second-order valence-electron chi connectivity index (χ2n) is 6.81. The van der Waals surface area contributed by atoms with E-state index in [2.05, 4.69) is 17.3 Å². The Kier molecular flexibility index (Phi) is 6.23. The molecule has 0 spiro atoms. The maximum absolute atomic E-state index is 12.1. The standard InChI is InChI=1S/C20H27N3O2/c1-16-5-2-3-6-19(16)25-14-12-21-20(24)15-17-7-9-18(10-8-17)23-13-4-11-22-23/h4,7-11,13,16,19H,2-3,5-6,12,14-15H2,1H3,(H,21,24)/t16-,19+/m1/s1. The number of nitrogens with one attached hydrogen (secondary N) is 1. The summed E-state index contributed by atoms with van der Waals surface area (Å²) in [5.41, 5.74) is 1.99. The molecule has 1 aliphatic carbocycles. The van der Waals surface area contributed by atoms with Gasteiger partial charge >= 0.3 is 0 Å². The Labute approximate surface area is 149 Å². The summed E-state index contributed by atoms with van der Waals surface area (Å²) in [4.78, 5) is 12.1. The zero-order chi connectivity index (χ0) is 17.5. The zero-order valence-electron chi connectivity index (χ0n) is 14.9. The van der Waals surface area contributed by atoms with Gasteiger partial charge in [-0.05, 0) is 42.5 Å². The van der Waals surface area contributed by atoms with Crippen LogP contribution in [0.5, 0.6) is 0 Å². The second kappa shape index (κ2) is 8.81. The van der Waals surface area contributed by atoms with Crippen molar-refractivity contribution < 1.29 is 9.53 Å². The van der Waals surface area contributed by atoms with Crippen molar-refractivity contribution in [1.82, 2.24) is 15.1 Å². The Hall–Kier alpha value is -2.14. The largest absolute Gasteiger partial charge is 0.376 e. The van der Waals surface area contributed by atoms with Crippen LogP contribution in [0, 0.1) is 5.92 Å². The average molecular weight is 341 g/mol. The van der Waals surface area contributed by atoms with Crippen molar-refractivity contribution in [3.63, 3.8) is 0 Å². The molecule has 1 aliphatic rings. The molecule has 134 valence electrons. The van der Waals surface area contributed by atoms with Crippen LogP contribution in [-0.2, 0) is 16.0 Å². The first-order chi connectivity index (χ1) is 12.2. The molecule has 2 aromatic rings. The lowest BCUT2D eigenvalue weighted by Gasteiger charge is -2.28. The van der Waals surface area contributed by atoms with Gasteiger partial charge < -0.3 is 10.1 Å². The number of carbonyl (C=O) groups is 1.